The Hall–Kier alpha value is -3.16. The van der Waals surface area contributed by atoms with Crippen molar-refractivity contribution in [2.45, 2.75) is 6.18 Å². The third-order valence-corrected chi connectivity index (χ3v) is 3.50. The van der Waals surface area contributed by atoms with Gasteiger partial charge in [-0.25, -0.2) is 0 Å². The zero-order valence-electron chi connectivity index (χ0n) is 13.1. The Labute approximate surface area is 141 Å². The summed E-state index contributed by atoms with van der Waals surface area (Å²) >= 11 is 0. The fourth-order valence-corrected chi connectivity index (χ4v) is 2.26. The molecule has 128 valence electrons. The second-order valence-electron chi connectivity index (χ2n) is 5.36. The van der Waals surface area contributed by atoms with Crippen LogP contribution in [0.4, 0.5) is 13.2 Å². The van der Waals surface area contributed by atoms with Crippen molar-refractivity contribution in [1.29, 1.82) is 0 Å². The maximum atomic E-state index is 12.6. The lowest BCUT2D eigenvalue weighted by Crippen LogP contribution is -2.32. The molecule has 8 heteroatoms. The van der Waals surface area contributed by atoms with E-state index in [1.165, 1.54) is 34.1 Å². The van der Waals surface area contributed by atoms with Gasteiger partial charge < -0.3 is 5.11 Å². The molecule has 0 saturated carbocycles. The number of hydrogen-bond acceptors (Lipinski definition) is 3. The van der Waals surface area contributed by atoms with Crippen molar-refractivity contribution >= 4 is 5.90 Å². The van der Waals surface area contributed by atoms with Gasteiger partial charge in [0.2, 0.25) is 6.33 Å². The highest BCUT2D eigenvalue weighted by atomic mass is 19.4. The molecule has 2 aromatic carbocycles. The summed E-state index contributed by atoms with van der Waals surface area (Å²) < 4.78 is 40.7. The van der Waals surface area contributed by atoms with Crippen LogP contribution in [0.1, 0.15) is 11.1 Å². The summed E-state index contributed by atoms with van der Waals surface area (Å²) in [4.78, 5) is 0. The Kier molecular flexibility index (Phi) is 4.26. The average molecular weight is 346 g/mol. The summed E-state index contributed by atoms with van der Waals surface area (Å²) in [5.74, 6) is -0.480. The van der Waals surface area contributed by atoms with Gasteiger partial charge >= 0.3 is 6.18 Å². The van der Waals surface area contributed by atoms with E-state index in [-0.39, 0.29) is 0 Å². The lowest BCUT2D eigenvalue weighted by Gasteiger charge is -2.11. The molecule has 0 radical (unpaired) electrons. The smallest absolute Gasteiger partial charge is 0.416 e. The Bertz CT molecular complexity index is 914. The number of halogens is 3. The van der Waals surface area contributed by atoms with Crippen LogP contribution in [0.5, 0.6) is 0 Å². The van der Waals surface area contributed by atoms with Crippen LogP contribution in [0.25, 0.3) is 11.1 Å². The Morgan fingerprint density at radius 2 is 1.84 bits per heavy atom. The van der Waals surface area contributed by atoms with Crippen LogP contribution in [-0.2, 0) is 13.2 Å². The van der Waals surface area contributed by atoms with Gasteiger partial charge in [0.1, 0.15) is 0 Å². The molecule has 0 unspecified atom stereocenters. The quantitative estimate of drug-likeness (QED) is 0.414. The van der Waals surface area contributed by atoms with Gasteiger partial charge in [-0.05, 0) is 34.9 Å². The zero-order chi connectivity index (χ0) is 18.0. The van der Waals surface area contributed by atoms with Crippen molar-refractivity contribution < 1.29 is 23.0 Å². The fraction of sp³-hybridized carbons (Fsp3) is 0.118. The van der Waals surface area contributed by atoms with Crippen LogP contribution < -0.4 is 9.78 Å². The highest BCUT2D eigenvalue weighted by molar-refractivity contribution is 5.91. The maximum Gasteiger partial charge on any atom is 0.416 e. The summed E-state index contributed by atoms with van der Waals surface area (Å²) in [5, 5.41) is 20.0. The standard InChI is InChI=1S/C17H13F3N4O/c1-23-11-24(10-21-23)22-16(25)14-4-2-3-13(9-14)12-5-7-15(8-6-12)17(18,19)20/h2-11H,1H3. The van der Waals surface area contributed by atoms with E-state index >= 15 is 0 Å². The van der Waals surface area contributed by atoms with Crippen molar-refractivity contribution in [2.75, 3.05) is 0 Å². The summed E-state index contributed by atoms with van der Waals surface area (Å²) in [5.41, 5.74) is 0.822. The second kappa shape index (κ2) is 6.39. The first-order valence-corrected chi connectivity index (χ1v) is 7.27. The van der Waals surface area contributed by atoms with E-state index in [1.807, 2.05) is 0 Å². The highest BCUT2D eigenvalue weighted by Crippen LogP contribution is 2.31. The van der Waals surface area contributed by atoms with E-state index in [4.69, 9.17) is 0 Å². The van der Waals surface area contributed by atoms with Gasteiger partial charge in [0, 0.05) is 11.0 Å². The first-order valence-electron chi connectivity index (χ1n) is 7.27. The van der Waals surface area contributed by atoms with Crippen LogP contribution >= 0.6 is 0 Å². The van der Waals surface area contributed by atoms with Gasteiger partial charge in [-0.2, -0.15) is 13.2 Å². The van der Waals surface area contributed by atoms with Gasteiger partial charge in [0.05, 0.1) is 12.6 Å². The molecule has 0 amide bonds. The largest absolute Gasteiger partial charge is 0.856 e. The molecule has 0 N–H and O–H groups in total. The molecule has 0 aliphatic rings. The minimum atomic E-state index is -4.38. The molecule has 5 nitrogen and oxygen atoms in total. The summed E-state index contributed by atoms with van der Waals surface area (Å²) in [6, 6.07) is 11.3. The number of aryl methyl sites for hydroxylation is 1. The van der Waals surface area contributed by atoms with Gasteiger partial charge in [-0.3, -0.25) is 0 Å². The van der Waals surface area contributed by atoms with Crippen molar-refractivity contribution in [3.05, 3.63) is 72.3 Å². The van der Waals surface area contributed by atoms with Crippen LogP contribution in [0.2, 0.25) is 0 Å². The molecular weight excluding hydrogens is 333 g/mol. The molecule has 0 aliphatic carbocycles. The SMILES string of the molecule is Cn1c[n+](/N=C(\[O-])c2cccc(-c3ccc(C(F)(F)F)cc3)c2)cn1. The zero-order valence-corrected chi connectivity index (χ0v) is 13.1. The van der Waals surface area contributed by atoms with Crippen LogP contribution in [-0.4, -0.2) is 15.7 Å². The number of rotatable bonds is 3. The third kappa shape index (κ3) is 3.85. The molecule has 3 aromatic rings. The summed E-state index contributed by atoms with van der Waals surface area (Å²) in [6.07, 6.45) is -1.47. The molecule has 0 fully saturated rings. The Balaban J connectivity index is 1.90. The minimum absolute atomic E-state index is 0.328. The Morgan fingerprint density at radius 3 is 2.44 bits per heavy atom. The van der Waals surface area contributed by atoms with Gasteiger partial charge in [-0.1, -0.05) is 30.3 Å². The lowest BCUT2D eigenvalue weighted by atomic mass is 10.0. The second-order valence-corrected chi connectivity index (χ2v) is 5.36. The van der Waals surface area contributed by atoms with Crippen LogP contribution in [0.3, 0.4) is 0 Å². The van der Waals surface area contributed by atoms with Gasteiger partial charge in [-0.15, -0.1) is 14.5 Å². The molecule has 0 aliphatic heterocycles. The van der Waals surface area contributed by atoms with E-state index < -0.39 is 17.6 Å². The molecular formula is C17H13F3N4O. The maximum absolute atomic E-state index is 12.6. The number of benzene rings is 2. The molecule has 25 heavy (non-hydrogen) atoms. The van der Waals surface area contributed by atoms with Crippen LogP contribution in [0, 0.1) is 0 Å². The van der Waals surface area contributed by atoms with E-state index in [9.17, 15) is 18.3 Å². The highest BCUT2D eigenvalue weighted by Gasteiger charge is 2.29. The first kappa shape index (κ1) is 16.7. The fourth-order valence-electron chi connectivity index (χ4n) is 2.26. The van der Waals surface area contributed by atoms with Gasteiger partial charge in [0.15, 0.2) is 0 Å². The van der Waals surface area contributed by atoms with E-state index in [1.54, 1.807) is 31.3 Å². The summed E-state index contributed by atoms with van der Waals surface area (Å²) in [7, 11) is 1.70. The topological polar surface area (TPSA) is 57.1 Å². The van der Waals surface area contributed by atoms with Crippen LogP contribution in [0.15, 0.2) is 66.3 Å². The number of alkyl halides is 3. The van der Waals surface area contributed by atoms with Crippen molar-refractivity contribution in [3.8, 4) is 11.1 Å². The third-order valence-electron chi connectivity index (χ3n) is 3.50. The minimum Gasteiger partial charge on any atom is -0.856 e. The average Bonchev–Trinajstić information content (AvgIpc) is 2.99. The molecule has 3 rings (SSSR count). The number of hydrogen-bond donors (Lipinski definition) is 0. The Morgan fingerprint density at radius 1 is 1.12 bits per heavy atom. The molecule has 0 spiro atoms. The van der Waals surface area contributed by atoms with E-state index in [0.717, 1.165) is 12.1 Å². The first-order chi connectivity index (χ1) is 11.8. The molecule has 0 saturated heterocycles. The van der Waals surface area contributed by atoms with Gasteiger partial charge in [0.25, 0.3) is 6.33 Å². The van der Waals surface area contributed by atoms with Crippen molar-refractivity contribution in [1.82, 2.24) is 9.78 Å². The molecule has 0 atom stereocenters. The van der Waals surface area contributed by atoms with E-state index in [2.05, 4.69) is 10.2 Å². The monoisotopic (exact) mass is 346 g/mol. The predicted octanol–water partition coefficient (Wildman–Crippen LogP) is 1.96. The number of nitrogens with zero attached hydrogens (tertiary/aromatic N) is 4. The van der Waals surface area contributed by atoms with E-state index in [0.29, 0.717) is 16.7 Å². The predicted molar refractivity (Wildman–Crippen MR) is 82.2 cm³/mol. The number of aromatic nitrogens is 3. The molecule has 1 heterocycles. The molecule has 0 bridgehead atoms. The van der Waals surface area contributed by atoms with Crippen molar-refractivity contribution in [3.63, 3.8) is 0 Å². The molecule has 1 aromatic heterocycles. The summed E-state index contributed by atoms with van der Waals surface area (Å²) in [6.45, 7) is 0. The lowest BCUT2D eigenvalue weighted by molar-refractivity contribution is -0.682. The normalized spacial score (nSPS) is 12.4. The van der Waals surface area contributed by atoms with Crippen molar-refractivity contribution in [2.24, 2.45) is 12.1 Å².